The quantitative estimate of drug-likeness (QED) is 0.848. The maximum atomic E-state index is 11.8. The highest BCUT2D eigenvalue weighted by Crippen LogP contribution is 2.51. The molecule has 0 spiro atoms. The average molecular weight is 265 g/mol. The summed E-state index contributed by atoms with van der Waals surface area (Å²) in [5, 5.41) is 3.39. The van der Waals surface area contributed by atoms with E-state index in [1.807, 2.05) is 0 Å². The molecule has 5 heteroatoms. The molecule has 106 valence electrons. The van der Waals surface area contributed by atoms with Crippen molar-refractivity contribution in [2.24, 2.45) is 25.4 Å². The molecule has 1 aliphatic rings. The molecule has 1 aromatic rings. The minimum atomic E-state index is -0.269. The summed E-state index contributed by atoms with van der Waals surface area (Å²) in [5.41, 5.74) is 0.658. The lowest BCUT2D eigenvalue weighted by molar-refractivity contribution is 0.336. The van der Waals surface area contributed by atoms with Crippen molar-refractivity contribution in [1.29, 1.82) is 0 Å². The fraction of sp³-hybridized carbons (Fsp3) is 0.714. The van der Waals surface area contributed by atoms with Gasteiger partial charge in [-0.3, -0.25) is 13.9 Å². The fourth-order valence-corrected chi connectivity index (χ4v) is 2.51. The summed E-state index contributed by atoms with van der Waals surface area (Å²) in [6.07, 6.45) is 2.54. The predicted molar refractivity (Wildman–Crippen MR) is 75.1 cm³/mol. The van der Waals surface area contributed by atoms with Crippen LogP contribution in [0.2, 0.25) is 0 Å². The SMILES string of the molecule is CC(C)C1(CNCc2cc(=O)n(C)c(=O)n2C)CC1. The highest BCUT2D eigenvalue weighted by atomic mass is 16.2. The molecule has 1 heterocycles. The molecule has 0 aromatic carbocycles. The van der Waals surface area contributed by atoms with E-state index in [9.17, 15) is 9.59 Å². The van der Waals surface area contributed by atoms with Crippen LogP contribution in [0.15, 0.2) is 15.7 Å². The fourth-order valence-electron chi connectivity index (χ4n) is 2.51. The van der Waals surface area contributed by atoms with Crippen LogP contribution in [0.4, 0.5) is 0 Å². The van der Waals surface area contributed by atoms with Gasteiger partial charge in [0.2, 0.25) is 0 Å². The number of nitrogens with one attached hydrogen (secondary N) is 1. The molecule has 5 nitrogen and oxygen atoms in total. The summed E-state index contributed by atoms with van der Waals surface area (Å²) in [6, 6.07) is 1.53. The maximum Gasteiger partial charge on any atom is 0.330 e. The smallest absolute Gasteiger partial charge is 0.311 e. The van der Waals surface area contributed by atoms with Gasteiger partial charge in [-0.1, -0.05) is 13.8 Å². The Labute approximate surface area is 113 Å². The third-order valence-corrected chi connectivity index (χ3v) is 4.53. The molecule has 0 saturated heterocycles. The Balaban J connectivity index is 2.05. The van der Waals surface area contributed by atoms with Crippen LogP contribution >= 0.6 is 0 Å². The zero-order valence-electron chi connectivity index (χ0n) is 12.2. The summed E-state index contributed by atoms with van der Waals surface area (Å²) in [5.74, 6) is 0.674. The summed E-state index contributed by atoms with van der Waals surface area (Å²) in [7, 11) is 3.20. The summed E-state index contributed by atoms with van der Waals surface area (Å²) in [4.78, 5) is 23.4. The van der Waals surface area contributed by atoms with Crippen molar-refractivity contribution >= 4 is 0 Å². The van der Waals surface area contributed by atoms with Crippen LogP contribution in [-0.2, 0) is 20.6 Å². The molecule has 19 heavy (non-hydrogen) atoms. The number of rotatable bonds is 5. The van der Waals surface area contributed by atoms with E-state index in [-0.39, 0.29) is 11.2 Å². The van der Waals surface area contributed by atoms with Gasteiger partial charge in [0.1, 0.15) is 0 Å². The first-order valence-corrected chi connectivity index (χ1v) is 6.84. The van der Waals surface area contributed by atoms with E-state index in [4.69, 9.17) is 0 Å². The molecule has 0 aliphatic heterocycles. The third kappa shape index (κ3) is 2.66. The van der Waals surface area contributed by atoms with Crippen molar-refractivity contribution in [3.63, 3.8) is 0 Å². The van der Waals surface area contributed by atoms with Gasteiger partial charge in [-0.15, -0.1) is 0 Å². The van der Waals surface area contributed by atoms with E-state index in [2.05, 4.69) is 19.2 Å². The van der Waals surface area contributed by atoms with Crippen LogP contribution in [0.25, 0.3) is 0 Å². The van der Waals surface area contributed by atoms with Gasteiger partial charge in [0.05, 0.1) is 0 Å². The maximum absolute atomic E-state index is 11.8. The van der Waals surface area contributed by atoms with E-state index < -0.39 is 0 Å². The Morgan fingerprint density at radius 2 is 1.89 bits per heavy atom. The van der Waals surface area contributed by atoms with Gasteiger partial charge in [0.25, 0.3) is 5.56 Å². The molecule has 1 saturated carbocycles. The van der Waals surface area contributed by atoms with Gasteiger partial charge in [0.15, 0.2) is 0 Å². The molecule has 1 N–H and O–H groups in total. The zero-order valence-corrected chi connectivity index (χ0v) is 12.2. The van der Waals surface area contributed by atoms with E-state index in [1.54, 1.807) is 7.05 Å². The molecule has 1 aromatic heterocycles. The van der Waals surface area contributed by atoms with Gasteiger partial charge in [-0.25, -0.2) is 4.79 Å². The first-order valence-electron chi connectivity index (χ1n) is 6.84. The van der Waals surface area contributed by atoms with Gasteiger partial charge in [-0.2, -0.15) is 0 Å². The second-order valence-corrected chi connectivity index (χ2v) is 6.00. The minimum absolute atomic E-state index is 0.245. The van der Waals surface area contributed by atoms with Crippen molar-refractivity contribution in [3.05, 3.63) is 32.6 Å². The predicted octanol–water partition coefficient (Wildman–Crippen LogP) is 0.610. The molecule has 0 amide bonds. The monoisotopic (exact) mass is 265 g/mol. The molecule has 2 rings (SSSR count). The lowest BCUT2D eigenvalue weighted by atomic mass is 9.92. The molecule has 0 radical (unpaired) electrons. The second kappa shape index (κ2) is 4.96. The van der Waals surface area contributed by atoms with Gasteiger partial charge < -0.3 is 5.32 Å². The summed E-state index contributed by atoms with van der Waals surface area (Å²) < 4.78 is 2.66. The second-order valence-electron chi connectivity index (χ2n) is 6.00. The standard InChI is InChI=1S/C14H23N3O2/c1-10(2)14(5-6-14)9-15-8-11-7-12(18)17(4)13(19)16(11)3/h7,10,15H,5-6,8-9H2,1-4H3. The molecular formula is C14H23N3O2. The van der Waals surface area contributed by atoms with Gasteiger partial charge in [-0.05, 0) is 24.2 Å². The van der Waals surface area contributed by atoms with Crippen LogP contribution in [0.5, 0.6) is 0 Å². The topological polar surface area (TPSA) is 56.0 Å². The zero-order chi connectivity index (χ0) is 14.2. The summed E-state index contributed by atoms with van der Waals surface area (Å²) >= 11 is 0. The van der Waals surface area contributed by atoms with Crippen molar-refractivity contribution in [2.45, 2.75) is 33.2 Å². The van der Waals surface area contributed by atoms with Crippen LogP contribution in [-0.4, -0.2) is 15.7 Å². The Morgan fingerprint density at radius 3 is 2.42 bits per heavy atom. The molecule has 1 fully saturated rings. The number of nitrogens with zero attached hydrogens (tertiary/aromatic N) is 2. The Kier molecular flexibility index (Phi) is 3.67. The largest absolute Gasteiger partial charge is 0.330 e. The third-order valence-electron chi connectivity index (χ3n) is 4.53. The van der Waals surface area contributed by atoms with Crippen molar-refractivity contribution in [2.75, 3.05) is 6.54 Å². The molecule has 0 atom stereocenters. The normalized spacial score (nSPS) is 16.9. The van der Waals surface area contributed by atoms with Gasteiger partial charge >= 0.3 is 5.69 Å². The lowest BCUT2D eigenvalue weighted by Crippen LogP contribution is -2.39. The van der Waals surface area contributed by atoms with Crippen LogP contribution in [0, 0.1) is 11.3 Å². The van der Waals surface area contributed by atoms with Crippen molar-refractivity contribution < 1.29 is 0 Å². The number of aromatic nitrogens is 2. The Hall–Kier alpha value is -1.36. The van der Waals surface area contributed by atoms with Gasteiger partial charge in [0, 0.05) is 38.9 Å². The molecular weight excluding hydrogens is 242 g/mol. The van der Waals surface area contributed by atoms with E-state index in [0.717, 1.165) is 16.8 Å². The van der Waals surface area contributed by atoms with Crippen LogP contribution < -0.4 is 16.6 Å². The van der Waals surface area contributed by atoms with E-state index >= 15 is 0 Å². The highest BCUT2D eigenvalue weighted by molar-refractivity contribution is 5.03. The van der Waals surface area contributed by atoms with E-state index in [1.165, 1.54) is 30.5 Å². The number of hydrogen-bond donors (Lipinski definition) is 1. The van der Waals surface area contributed by atoms with Crippen LogP contribution in [0.3, 0.4) is 0 Å². The molecule has 0 unspecified atom stereocenters. The highest BCUT2D eigenvalue weighted by Gasteiger charge is 2.44. The first kappa shape index (κ1) is 14.1. The van der Waals surface area contributed by atoms with Crippen molar-refractivity contribution in [3.8, 4) is 0 Å². The van der Waals surface area contributed by atoms with Crippen LogP contribution in [0.1, 0.15) is 32.4 Å². The average Bonchev–Trinajstić information content (AvgIpc) is 3.14. The number of hydrogen-bond acceptors (Lipinski definition) is 3. The molecule has 0 bridgehead atoms. The van der Waals surface area contributed by atoms with Crippen molar-refractivity contribution in [1.82, 2.24) is 14.5 Å². The minimum Gasteiger partial charge on any atom is -0.311 e. The van der Waals surface area contributed by atoms with E-state index in [0.29, 0.717) is 17.9 Å². The first-order chi connectivity index (χ1) is 8.87. The summed E-state index contributed by atoms with van der Waals surface area (Å²) in [6.45, 7) is 6.02. The Morgan fingerprint density at radius 1 is 1.26 bits per heavy atom. The lowest BCUT2D eigenvalue weighted by Gasteiger charge is -2.20. The Bertz CT molecular complexity index is 579. The molecule has 1 aliphatic carbocycles.